The largest absolute Gasteiger partial charge is 0.381 e. The third-order valence-corrected chi connectivity index (χ3v) is 4.43. The molecule has 4 nitrogen and oxygen atoms in total. The summed E-state index contributed by atoms with van der Waals surface area (Å²) in [5.74, 6) is -2.22. The van der Waals surface area contributed by atoms with Gasteiger partial charge in [0.15, 0.2) is 0 Å². The second-order valence-electron chi connectivity index (χ2n) is 6.35. The molecule has 6 heteroatoms. The zero-order valence-electron chi connectivity index (χ0n) is 13.9. The maximum Gasteiger partial charge on any atom is 0.257 e. The van der Waals surface area contributed by atoms with Gasteiger partial charge in [0.05, 0.1) is 11.3 Å². The molecular formula is C19H21F2N3O. The van der Waals surface area contributed by atoms with Crippen molar-refractivity contribution in [2.75, 3.05) is 10.6 Å². The molecule has 0 bridgehead atoms. The third-order valence-electron chi connectivity index (χ3n) is 4.43. The lowest BCUT2D eigenvalue weighted by Gasteiger charge is -2.17. The number of amides is 1. The Morgan fingerprint density at radius 3 is 2.40 bits per heavy atom. The normalized spacial score (nSPS) is 15.4. The maximum atomic E-state index is 13.7. The van der Waals surface area contributed by atoms with Gasteiger partial charge in [-0.15, -0.1) is 0 Å². The van der Waals surface area contributed by atoms with E-state index in [4.69, 9.17) is 0 Å². The number of anilines is 2. The van der Waals surface area contributed by atoms with E-state index in [9.17, 15) is 13.6 Å². The van der Waals surface area contributed by atoms with Crippen molar-refractivity contribution in [3.05, 3.63) is 53.9 Å². The molecule has 0 spiro atoms. The third kappa shape index (κ3) is 4.53. The van der Waals surface area contributed by atoms with Gasteiger partial charge in [-0.25, -0.2) is 8.78 Å². The van der Waals surface area contributed by atoms with E-state index < -0.39 is 23.2 Å². The second-order valence-corrected chi connectivity index (χ2v) is 6.35. The molecule has 0 radical (unpaired) electrons. The van der Waals surface area contributed by atoms with Crippen LogP contribution in [-0.4, -0.2) is 16.9 Å². The van der Waals surface area contributed by atoms with Crippen molar-refractivity contribution >= 4 is 17.3 Å². The summed E-state index contributed by atoms with van der Waals surface area (Å²) in [6.45, 7) is 0. The lowest BCUT2D eigenvalue weighted by atomic mass is 10.1. The quantitative estimate of drug-likeness (QED) is 0.787. The minimum atomic E-state index is -0.811. The molecule has 1 aliphatic rings. The minimum Gasteiger partial charge on any atom is -0.381 e. The van der Waals surface area contributed by atoms with Crippen LogP contribution in [0.2, 0.25) is 0 Å². The summed E-state index contributed by atoms with van der Waals surface area (Å²) in [6.07, 6.45) is 10.1. The summed E-state index contributed by atoms with van der Waals surface area (Å²) < 4.78 is 27.3. The Kier molecular flexibility index (Phi) is 5.58. The predicted molar refractivity (Wildman–Crippen MR) is 93.7 cm³/mol. The molecule has 0 saturated heterocycles. The summed E-state index contributed by atoms with van der Waals surface area (Å²) >= 11 is 0. The van der Waals surface area contributed by atoms with Gasteiger partial charge in [-0.2, -0.15) is 0 Å². The fourth-order valence-electron chi connectivity index (χ4n) is 3.11. The molecule has 1 saturated carbocycles. The van der Waals surface area contributed by atoms with Crippen LogP contribution in [0.1, 0.15) is 48.9 Å². The van der Waals surface area contributed by atoms with Gasteiger partial charge in [0.2, 0.25) is 0 Å². The van der Waals surface area contributed by atoms with Crippen LogP contribution in [-0.2, 0) is 0 Å². The van der Waals surface area contributed by atoms with Crippen LogP contribution in [0.15, 0.2) is 36.7 Å². The van der Waals surface area contributed by atoms with E-state index in [2.05, 4.69) is 15.6 Å². The molecule has 132 valence electrons. The monoisotopic (exact) mass is 345 g/mol. The average Bonchev–Trinajstić information content (AvgIpc) is 2.87. The van der Waals surface area contributed by atoms with Gasteiger partial charge in [-0.05, 0) is 31.0 Å². The number of hydrogen-bond donors (Lipinski definition) is 2. The first kappa shape index (κ1) is 17.3. The van der Waals surface area contributed by atoms with Crippen molar-refractivity contribution < 1.29 is 13.6 Å². The van der Waals surface area contributed by atoms with Crippen LogP contribution in [0, 0.1) is 11.6 Å². The van der Waals surface area contributed by atoms with Crippen molar-refractivity contribution in [3.63, 3.8) is 0 Å². The summed E-state index contributed by atoms with van der Waals surface area (Å²) in [7, 11) is 0. The Morgan fingerprint density at radius 1 is 1.04 bits per heavy atom. The zero-order chi connectivity index (χ0) is 17.6. The molecule has 0 atom stereocenters. The molecule has 2 aromatic rings. The first-order valence-corrected chi connectivity index (χ1v) is 8.60. The number of para-hydroxylation sites is 1. The van der Waals surface area contributed by atoms with Crippen molar-refractivity contribution in [1.82, 2.24) is 4.98 Å². The molecule has 1 aromatic carbocycles. The molecule has 1 amide bonds. The van der Waals surface area contributed by atoms with E-state index in [0.717, 1.165) is 30.7 Å². The molecule has 1 fully saturated rings. The summed E-state index contributed by atoms with van der Waals surface area (Å²) in [5, 5.41) is 5.69. The number of nitrogens with one attached hydrogen (secondary N) is 2. The molecule has 1 aliphatic carbocycles. The Morgan fingerprint density at radius 2 is 1.72 bits per heavy atom. The number of rotatable bonds is 4. The van der Waals surface area contributed by atoms with Crippen LogP contribution < -0.4 is 10.6 Å². The van der Waals surface area contributed by atoms with Crippen LogP contribution in [0.3, 0.4) is 0 Å². The second kappa shape index (κ2) is 8.05. The molecule has 0 aliphatic heterocycles. The highest BCUT2D eigenvalue weighted by Crippen LogP contribution is 2.22. The lowest BCUT2D eigenvalue weighted by molar-refractivity contribution is 0.102. The maximum absolute atomic E-state index is 13.7. The molecular weight excluding hydrogens is 324 g/mol. The van der Waals surface area contributed by atoms with Gasteiger partial charge in [0, 0.05) is 18.4 Å². The molecule has 1 aromatic heterocycles. The SMILES string of the molecule is O=C(Nc1c(F)cccc1F)c1cncc(NC2CCCCCC2)c1. The number of aromatic nitrogens is 1. The summed E-state index contributed by atoms with van der Waals surface area (Å²) in [5.41, 5.74) is 0.546. The van der Waals surface area contributed by atoms with Crippen LogP contribution in [0.4, 0.5) is 20.2 Å². The first-order valence-electron chi connectivity index (χ1n) is 8.60. The lowest BCUT2D eigenvalue weighted by Crippen LogP contribution is -2.19. The van der Waals surface area contributed by atoms with E-state index in [1.165, 1.54) is 37.9 Å². The molecule has 25 heavy (non-hydrogen) atoms. The van der Waals surface area contributed by atoms with E-state index in [0.29, 0.717) is 6.04 Å². The van der Waals surface area contributed by atoms with Crippen molar-refractivity contribution in [3.8, 4) is 0 Å². The predicted octanol–water partition coefficient (Wildman–Crippen LogP) is 4.75. The molecule has 0 unspecified atom stereocenters. The summed E-state index contributed by atoms with van der Waals surface area (Å²) in [6, 6.07) is 5.47. The number of carbonyl (C=O) groups is 1. The standard InChI is InChI=1S/C19H21F2N3O/c20-16-8-5-9-17(21)18(16)24-19(25)13-10-15(12-22-11-13)23-14-6-3-1-2-4-7-14/h5,8-12,14,23H,1-4,6-7H2,(H,24,25). The molecule has 3 rings (SSSR count). The number of pyridine rings is 1. The number of nitrogens with zero attached hydrogens (tertiary/aromatic N) is 1. The van der Waals surface area contributed by atoms with Gasteiger partial charge in [-0.3, -0.25) is 9.78 Å². The summed E-state index contributed by atoms with van der Waals surface area (Å²) in [4.78, 5) is 16.4. The number of halogens is 2. The Hall–Kier alpha value is -2.50. The van der Waals surface area contributed by atoms with Gasteiger partial charge >= 0.3 is 0 Å². The zero-order valence-corrected chi connectivity index (χ0v) is 13.9. The van der Waals surface area contributed by atoms with Gasteiger partial charge in [0.25, 0.3) is 5.91 Å². The topological polar surface area (TPSA) is 54.0 Å². The fraction of sp³-hybridized carbons (Fsp3) is 0.368. The fourth-order valence-corrected chi connectivity index (χ4v) is 3.11. The molecule has 2 N–H and O–H groups in total. The molecule has 1 heterocycles. The van der Waals surface area contributed by atoms with Crippen LogP contribution in [0.25, 0.3) is 0 Å². The van der Waals surface area contributed by atoms with Crippen molar-refractivity contribution in [2.24, 2.45) is 0 Å². The van der Waals surface area contributed by atoms with Crippen LogP contribution >= 0.6 is 0 Å². The van der Waals surface area contributed by atoms with Crippen molar-refractivity contribution in [1.29, 1.82) is 0 Å². The van der Waals surface area contributed by atoms with E-state index in [1.807, 2.05) is 0 Å². The Bertz CT molecular complexity index is 723. The number of hydrogen-bond acceptors (Lipinski definition) is 3. The highest BCUT2D eigenvalue weighted by atomic mass is 19.1. The highest BCUT2D eigenvalue weighted by Gasteiger charge is 2.16. The Labute approximate surface area is 145 Å². The Balaban J connectivity index is 1.71. The van der Waals surface area contributed by atoms with E-state index in [1.54, 1.807) is 12.3 Å². The van der Waals surface area contributed by atoms with Crippen LogP contribution in [0.5, 0.6) is 0 Å². The number of benzene rings is 1. The van der Waals surface area contributed by atoms with Gasteiger partial charge < -0.3 is 10.6 Å². The first-order chi connectivity index (χ1) is 12.1. The van der Waals surface area contributed by atoms with E-state index >= 15 is 0 Å². The minimum absolute atomic E-state index is 0.251. The van der Waals surface area contributed by atoms with Gasteiger partial charge in [0.1, 0.15) is 17.3 Å². The highest BCUT2D eigenvalue weighted by molar-refractivity contribution is 6.04. The van der Waals surface area contributed by atoms with Crippen molar-refractivity contribution in [2.45, 2.75) is 44.6 Å². The smallest absolute Gasteiger partial charge is 0.257 e. The van der Waals surface area contributed by atoms with E-state index in [-0.39, 0.29) is 5.56 Å². The van der Waals surface area contributed by atoms with Gasteiger partial charge in [-0.1, -0.05) is 31.7 Å². The number of carbonyl (C=O) groups excluding carboxylic acids is 1. The average molecular weight is 345 g/mol.